The van der Waals surface area contributed by atoms with Gasteiger partial charge in [0.25, 0.3) is 0 Å². The molecule has 0 amide bonds. The lowest BCUT2D eigenvalue weighted by atomic mass is 10.1. The predicted molar refractivity (Wildman–Crippen MR) is 65.3 cm³/mol. The summed E-state index contributed by atoms with van der Waals surface area (Å²) in [4.78, 5) is 6.69. The summed E-state index contributed by atoms with van der Waals surface area (Å²) in [6, 6.07) is 0.275. The van der Waals surface area contributed by atoms with E-state index in [2.05, 4.69) is 28.9 Å². The molecule has 2 unspecified atom stereocenters. The van der Waals surface area contributed by atoms with Gasteiger partial charge in [0.2, 0.25) is 5.89 Å². The van der Waals surface area contributed by atoms with E-state index in [1.54, 1.807) is 0 Å². The lowest BCUT2D eigenvalue weighted by molar-refractivity contribution is 0.260. The molecule has 5 heteroatoms. The summed E-state index contributed by atoms with van der Waals surface area (Å²) in [7, 11) is 0. The highest BCUT2D eigenvalue weighted by atomic mass is 16.5. The van der Waals surface area contributed by atoms with Crippen LogP contribution in [0.25, 0.3) is 0 Å². The van der Waals surface area contributed by atoms with Gasteiger partial charge in [0.05, 0.1) is 6.54 Å². The van der Waals surface area contributed by atoms with Crippen molar-refractivity contribution >= 4 is 0 Å². The third-order valence-corrected chi connectivity index (χ3v) is 3.37. The van der Waals surface area contributed by atoms with Crippen LogP contribution >= 0.6 is 0 Å². The average molecular weight is 238 g/mol. The van der Waals surface area contributed by atoms with Crippen LogP contribution in [0.4, 0.5) is 0 Å². The second-order valence-corrected chi connectivity index (χ2v) is 5.04. The van der Waals surface area contributed by atoms with Crippen LogP contribution in [0.2, 0.25) is 0 Å². The first-order valence-corrected chi connectivity index (χ1v) is 6.48. The molecule has 1 aliphatic rings. The van der Waals surface area contributed by atoms with Crippen LogP contribution in [-0.2, 0) is 13.0 Å². The Morgan fingerprint density at radius 1 is 1.47 bits per heavy atom. The molecule has 1 aromatic heterocycles. The van der Waals surface area contributed by atoms with Crippen LogP contribution in [0.5, 0.6) is 0 Å². The average Bonchev–Trinajstić information content (AvgIpc) is 2.85. The molecular weight excluding hydrogens is 216 g/mol. The van der Waals surface area contributed by atoms with Gasteiger partial charge in [-0.15, -0.1) is 0 Å². The van der Waals surface area contributed by atoms with Crippen molar-refractivity contribution in [3.05, 3.63) is 11.7 Å². The number of aromatic nitrogens is 2. The van der Waals surface area contributed by atoms with Gasteiger partial charge in [0.15, 0.2) is 5.82 Å². The quantitative estimate of drug-likeness (QED) is 0.834. The molecule has 2 rings (SSSR count). The smallest absolute Gasteiger partial charge is 0.240 e. The highest BCUT2D eigenvalue weighted by Gasteiger charge is 2.27. The summed E-state index contributed by atoms with van der Waals surface area (Å²) >= 11 is 0. The van der Waals surface area contributed by atoms with Gasteiger partial charge >= 0.3 is 0 Å². The molecule has 0 saturated carbocycles. The molecule has 17 heavy (non-hydrogen) atoms. The van der Waals surface area contributed by atoms with E-state index in [4.69, 9.17) is 10.3 Å². The van der Waals surface area contributed by atoms with Gasteiger partial charge < -0.3 is 10.3 Å². The fourth-order valence-corrected chi connectivity index (χ4v) is 2.21. The summed E-state index contributed by atoms with van der Waals surface area (Å²) in [6.45, 7) is 7.03. The summed E-state index contributed by atoms with van der Waals surface area (Å²) in [5.74, 6) is 2.10. The van der Waals surface area contributed by atoms with Gasteiger partial charge in [-0.25, -0.2) is 0 Å². The molecule has 0 spiro atoms. The minimum absolute atomic E-state index is 0.275. The number of likely N-dealkylation sites (tertiary alicyclic amines) is 1. The van der Waals surface area contributed by atoms with Crippen LogP contribution in [0.15, 0.2) is 4.52 Å². The zero-order chi connectivity index (χ0) is 12.3. The largest absolute Gasteiger partial charge is 0.338 e. The molecule has 96 valence electrons. The van der Waals surface area contributed by atoms with Gasteiger partial charge in [-0.3, -0.25) is 4.90 Å². The second-order valence-electron chi connectivity index (χ2n) is 5.04. The Balaban J connectivity index is 1.85. The van der Waals surface area contributed by atoms with E-state index in [1.165, 1.54) is 0 Å². The van der Waals surface area contributed by atoms with Crippen molar-refractivity contribution in [2.45, 2.75) is 45.7 Å². The summed E-state index contributed by atoms with van der Waals surface area (Å²) in [6.07, 6.45) is 3.18. The topological polar surface area (TPSA) is 68.2 Å². The summed E-state index contributed by atoms with van der Waals surface area (Å²) in [5.41, 5.74) is 5.98. The van der Waals surface area contributed by atoms with Gasteiger partial charge in [-0.1, -0.05) is 25.4 Å². The van der Waals surface area contributed by atoms with Crippen molar-refractivity contribution in [3.63, 3.8) is 0 Å². The van der Waals surface area contributed by atoms with Gasteiger partial charge in [0.1, 0.15) is 0 Å². The van der Waals surface area contributed by atoms with Gasteiger partial charge in [-0.2, -0.15) is 4.98 Å². The first kappa shape index (κ1) is 12.5. The molecule has 2 heterocycles. The Labute approximate surface area is 102 Å². The van der Waals surface area contributed by atoms with Crippen molar-refractivity contribution in [3.8, 4) is 0 Å². The maximum Gasteiger partial charge on any atom is 0.240 e. The molecule has 2 atom stereocenters. The van der Waals surface area contributed by atoms with E-state index in [0.717, 1.165) is 50.6 Å². The molecule has 0 radical (unpaired) electrons. The first-order valence-electron chi connectivity index (χ1n) is 6.48. The number of nitrogens with two attached hydrogens (primary N) is 1. The monoisotopic (exact) mass is 238 g/mol. The predicted octanol–water partition coefficient (Wildman–Crippen LogP) is 1.19. The third-order valence-electron chi connectivity index (χ3n) is 3.37. The number of hydrogen-bond acceptors (Lipinski definition) is 5. The lowest BCUT2D eigenvalue weighted by Crippen LogP contribution is -2.28. The van der Waals surface area contributed by atoms with E-state index in [-0.39, 0.29) is 6.04 Å². The normalized spacial score (nSPS) is 25.6. The van der Waals surface area contributed by atoms with Crippen LogP contribution < -0.4 is 5.73 Å². The van der Waals surface area contributed by atoms with Crippen molar-refractivity contribution in [1.82, 2.24) is 15.0 Å². The van der Waals surface area contributed by atoms with E-state index in [9.17, 15) is 0 Å². The molecule has 1 saturated heterocycles. The van der Waals surface area contributed by atoms with Crippen LogP contribution in [0, 0.1) is 5.92 Å². The lowest BCUT2D eigenvalue weighted by Gasteiger charge is -2.11. The first-order chi connectivity index (χ1) is 8.19. The molecule has 0 bridgehead atoms. The van der Waals surface area contributed by atoms with Crippen molar-refractivity contribution in [1.29, 1.82) is 0 Å². The number of nitrogens with zero attached hydrogens (tertiary/aromatic N) is 3. The van der Waals surface area contributed by atoms with Crippen LogP contribution in [0.1, 0.15) is 38.4 Å². The Morgan fingerprint density at radius 2 is 2.29 bits per heavy atom. The third kappa shape index (κ3) is 3.26. The molecular formula is C12H22N4O. The molecule has 0 aromatic carbocycles. The number of hydrogen-bond donors (Lipinski definition) is 1. The van der Waals surface area contributed by atoms with E-state index in [1.807, 2.05) is 0 Å². The zero-order valence-electron chi connectivity index (χ0n) is 10.7. The number of unbranched alkanes of at least 4 members (excludes halogenated alkanes) is 1. The minimum atomic E-state index is 0.275. The fourth-order valence-electron chi connectivity index (χ4n) is 2.21. The highest BCUT2D eigenvalue weighted by Crippen LogP contribution is 2.16. The fraction of sp³-hybridized carbons (Fsp3) is 0.833. The maximum absolute atomic E-state index is 5.98. The van der Waals surface area contributed by atoms with Gasteiger partial charge in [-0.05, 0) is 12.3 Å². The van der Waals surface area contributed by atoms with E-state index < -0.39 is 0 Å². The Hall–Kier alpha value is -0.940. The summed E-state index contributed by atoms with van der Waals surface area (Å²) < 4.78 is 5.25. The molecule has 1 aliphatic heterocycles. The molecule has 5 nitrogen and oxygen atoms in total. The second kappa shape index (κ2) is 5.60. The van der Waals surface area contributed by atoms with Crippen molar-refractivity contribution < 1.29 is 4.52 Å². The minimum Gasteiger partial charge on any atom is -0.338 e. The van der Waals surface area contributed by atoms with E-state index >= 15 is 0 Å². The van der Waals surface area contributed by atoms with Crippen LogP contribution in [0.3, 0.4) is 0 Å². The Morgan fingerprint density at radius 3 is 2.94 bits per heavy atom. The highest BCUT2D eigenvalue weighted by molar-refractivity contribution is 4.90. The molecule has 0 aliphatic carbocycles. The van der Waals surface area contributed by atoms with E-state index in [0.29, 0.717) is 5.92 Å². The molecule has 2 N–H and O–H groups in total. The molecule has 1 fully saturated rings. The van der Waals surface area contributed by atoms with Crippen molar-refractivity contribution in [2.24, 2.45) is 11.7 Å². The SMILES string of the molecule is CCCCc1noc(CN2CC(C)C(N)C2)n1. The number of rotatable bonds is 5. The summed E-state index contributed by atoms with van der Waals surface area (Å²) in [5, 5.41) is 3.99. The van der Waals surface area contributed by atoms with Crippen molar-refractivity contribution in [2.75, 3.05) is 13.1 Å². The maximum atomic E-state index is 5.98. The van der Waals surface area contributed by atoms with Gasteiger partial charge in [0, 0.05) is 25.6 Å². The zero-order valence-corrected chi connectivity index (χ0v) is 10.7. The standard InChI is InChI=1S/C12H22N4O/c1-3-4-5-11-14-12(17-15-11)8-16-6-9(2)10(13)7-16/h9-10H,3-8,13H2,1-2H3. The van der Waals surface area contributed by atoms with Crippen LogP contribution in [-0.4, -0.2) is 34.2 Å². The Kier molecular flexibility index (Phi) is 4.12. The number of aryl methyl sites for hydroxylation is 1. The Bertz CT molecular complexity index is 342. The molecule has 1 aromatic rings.